The topological polar surface area (TPSA) is 30.5 Å². The fraction of sp³-hybridized carbons (Fsp3) is 0.571. The van der Waals surface area contributed by atoms with E-state index in [1.165, 1.54) is 16.7 Å². The molecule has 1 aliphatic rings. The van der Waals surface area contributed by atoms with Crippen molar-refractivity contribution < 1.29 is 9.57 Å². The zero-order valence-corrected chi connectivity index (χ0v) is 11.3. The summed E-state index contributed by atoms with van der Waals surface area (Å²) in [7, 11) is 1.66. The highest BCUT2D eigenvalue weighted by molar-refractivity contribution is 5.46. The van der Waals surface area contributed by atoms with Gasteiger partial charge in [0.2, 0.25) is 0 Å². The van der Waals surface area contributed by atoms with E-state index < -0.39 is 0 Å². The highest BCUT2D eigenvalue weighted by atomic mass is 16.6. The van der Waals surface area contributed by atoms with Gasteiger partial charge in [0.25, 0.3) is 0 Å². The first kappa shape index (κ1) is 12.4. The largest absolute Gasteiger partial charge is 0.487 e. The summed E-state index contributed by atoms with van der Waals surface area (Å²) in [5.41, 5.74) is 6.62. The number of rotatable bonds is 2. The van der Waals surface area contributed by atoms with Gasteiger partial charge in [-0.3, -0.25) is 0 Å². The average molecular weight is 235 g/mol. The number of hydroxylamine groups is 1. The summed E-state index contributed by atoms with van der Waals surface area (Å²) in [5, 5.41) is 0. The summed E-state index contributed by atoms with van der Waals surface area (Å²) in [6.07, 6.45) is 0.901. The zero-order valence-electron chi connectivity index (χ0n) is 11.3. The van der Waals surface area contributed by atoms with Crippen LogP contribution in [-0.4, -0.2) is 12.7 Å². The Morgan fingerprint density at radius 2 is 2.06 bits per heavy atom. The van der Waals surface area contributed by atoms with Crippen molar-refractivity contribution >= 4 is 0 Å². The quantitative estimate of drug-likeness (QED) is 0.799. The molecule has 1 atom stereocenters. The van der Waals surface area contributed by atoms with E-state index in [9.17, 15) is 0 Å². The molecular formula is C14H21NO2. The van der Waals surface area contributed by atoms with Crippen LogP contribution >= 0.6 is 0 Å². The second kappa shape index (κ2) is 4.31. The minimum Gasteiger partial charge on any atom is -0.487 e. The molecule has 3 heteroatoms. The van der Waals surface area contributed by atoms with Crippen molar-refractivity contribution in [3.8, 4) is 5.75 Å². The molecule has 94 valence electrons. The maximum atomic E-state index is 6.06. The molecule has 2 rings (SSSR count). The predicted octanol–water partition coefficient (Wildman–Crippen LogP) is 3.06. The first-order valence-electron chi connectivity index (χ1n) is 6.01. The molecule has 1 aliphatic heterocycles. The normalized spacial score (nSPS) is 21.8. The molecule has 1 N–H and O–H groups in total. The van der Waals surface area contributed by atoms with Gasteiger partial charge in [0.1, 0.15) is 11.4 Å². The Hall–Kier alpha value is -1.06. The van der Waals surface area contributed by atoms with E-state index in [2.05, 4.69) is 45.3 Å². The van der Waals surface area contributed by atoms with E-state index in [1.54, 1.807) is 7.11 Å². The third kappa shape index (κ3) is 2.45. The summed E-state index contributed by atoms with van der Waals surface area (Å²) in [6, 6.07) is 4.48. The highest BCUT2D eigenvalue weighted by Crippen LogP contribution is 2.41. The fourth-order valence-corrected chi connectivity index (χ4v) is 2.65. The first-order valence-corrected chi connectivity index (χ1v) is 6.01. The third-order valence-electron chi connectivity index (χ3n) is 3.18. The molecular weight excluding hydrogens is 214 g/mol. The van der Waals surface area contributed by atoms with Crippen molar-refractivity contribution in [3.05, 3.63) is 28.8 Å². The van der Waals surface area contributed by atoms with Crippen molar-refractivity contribution in [2.75, 3.05) is 7.11 Å². The van der Waals surface area contributed by atoms with Gasteiger partial charge in [-0.1, -0.05) is 6.07 Å². The van der Waals surface area contributed by atoms with Crippen LogP contribution in [0.25, 0.3) is 0 Å². The number of fused-ring (bicyclic) bond motifs is 1. The van der Waals surface area contributed by atoms with Crippen LogP contribution in [0.15, 0.2) is 12.1 Å². The molecule has 3 nitrogen and oxygen atoms in total. The van der Waals surface area contributed by atoms with Crippen LogP contribution in [0, 0.1) is 13.8 Å². The van der Waals surface area contributed by atoms with Crippen LogP contribution < -0.4 is 10.2 Å². The molecule has 0 saturated heterocycles. The zero-order chi connectivity index (χ0) is 12.6. The van der Waals surface area contributed by atoms with Crippen LogP contribution in [-0.2, 0) is 4.84 Å². The first-order chi connectivity index (χ1) is 7.93. The van der Waals surface area contributed by atoms with Gasteiger partial charge in [0.15, 0.2) is 0 Å². The summed E-state index contributed by atoms with van der Waals surface area (Å²) >= 11 is 0. The predicted molar refractivity (Wildman–Crippen MR) is 68.1 cm³/mol. The van der Waals surface area contributed by atoms with Crippen molar-refractivity contribution in [1.82, 2.24) is 5.48 Å². The molecule has 1 aromatic rings. The highest BCUT2D eigenvalue weighted by Gasteiger charge is 2.34. The van der Waals surface area contributed by atoms with Crippen molar-refractivity contribution in [2.24, 2.45) is 0 Å². The van der Waals surface area contributed by atoms with Gasteiger partial charge in [-0.15, -0.1) is 0 Å². The van der Waals surface area contributed by atoms with Crippen LogP contribution in [0.4, 0.5) is 0 Å². The van der Waals surface area contributed by atoms with Gasteiger partial charge in [0, 0.05) is 12.0 Å². The number of ether oxygens (including phenoxy) is 1. The Morgan fingerprint density at radius 1 is 1.35 bits per heavy atom. The van der Waals surface area contributed by atoms with Crippen LogP contribution in [0.3, 0.4) is 0 Å². The Kier molecular flexibility index (Phi) is 3.15. The summed E-state index contributed by atoms with van der Waals surface area (Å²) < 4.78 is 6.06. The Labute approximate surface area is 103 Å². The molecule has 0 saturated carbocycles. The van der Waals surface area contributed by atoms with Crippen molar-refractivity contribution in [2.45, 2.75) is 45.8 Å². The molecule has 0 aromatic heterocycles. The summed E-state index contributed by atoms with van der Waals surface area (Å²) in [4.78, 5) is 5.11. The number of aryl methyl sites for hydroxylation is 2. The molecule has 1 unspecified atom stereocenters. The third-order valence-corrected chi connectivity index (χ3v) is 3.18. The van der Waals surface area contributed by atoms with E-state index in [0.717, 1.165) is 12.2 Å². The van der Waals surface area contributed by atoms with E-state index >= 15 is 0 Å². The van der Waals surface area contributed by atoms with Crippen LogP contribution in [0.2, 0.25) is 0 Å². The van der Waals surface area contributed by atoms with E-state index in [4.69, 9.17) is 9.57 Å². The molecule has 0 spiro atoms. The van der Waals surface area contributed by atoms with Crippen molar-refractivity contribution in [1.29, 1.82) is 0 Å². The minimum absolute atomic E-state index is 0.163. The van der Waals surface area contributed by atoms with Gasteiger partial charge in [-0.25, -0.2) is 0 Å². The average Bonchev–Trinajstić information content (AvgIpc) is 2.13. The number of benzene rings is 1. The lowest BCUT2D eigenvalue weighted by Crippen LogP contribution is -2.39. The molecule has 0 radical (unpaired) electrons. The molecule has 1 heterocycles. The van der Waals surface area contributed by atoms with Gasteiger partial charge in [0.05, 0.1) is 13.2 Å². The molecule has 0 bridgehead atoms. The minimum atomic E-state index is -0.163. The molecule has 0 aliphatic carbocycles. The molecule has 1 aromatic carbocycles. The van der Waals surface area contributed by atoms with E-state index in [-0.39, 0.29) is 11.6 Å². The van der Waals surface area contributed by atoms with Gasteiger partial charge in [-0.05, 0) is 44.9 Å². The van der Waals surface area contributed by atoms with Crippen LogP contribution in [0.1, 0.15) is 43.0 Å². The number of hydrogen-bond donors (Lipinski definition) is 1. The van der Waals surface area contributed by atoms with Gasteiger partial charge < -0.3 is 9.57 Å². The fourth-order valence-electron chi connectivity index (χ4n) is 2.65. The Morgan fingerprint density at radius 3 is 2.71 bits per heavy atom. The lowest BCUT2D eigenvalue weighted by atomic mass is 9.87. The molecule has 0 amide bonds. The maximum absolute atomic E-state index is 6.06. The molecule has 17 heavy (non-hydrogen) atoms. The lowest BCUT2D eigenvalue weighted by molar-refractivity contribution is 0.00266. The monoisotopic (exact) mass is 235 g/mol. The van der Waals surface area contributed by atoms with Gasteiger partial charge in [-0.2, -0.15) is 5.48 Å². The second-order valence-electron chi connectivity index (χ2n) is 5.43. The lowest BCUT2D eigenvalue weighted by Gasteiger charge is -2.38. The van der Waals surface area contributed by atoms with Gasteiger partial charge >= 0.3 is 0 Å². The summed E-state index contributed by atoms with van der Waals surface area (Å²) in [5.74, 6) is 0.980. The molecule has 0 fully saturated rings. The van der Waals surface area contributed by atoms with E-state index in [0.29, 0.717) is 0 Å². The standard InChI is InChI=1S/C14H21NO2/c1-9-6-10(2)13-11(15-16-5)8-14(3,4)17-12(13)7-9/h6-7,11,15H,8H2,1-5H3. The smallest absolute Gasteiger partial charge is 0.125 e. The number of nitrogens with one attached hydrogen (secondary N) is 1. The maximum Gasteiger partial charge on any atom is 0.125 e. The van der Waals surface area contributed by atoms with Crippen LogP contribution in [0.5, 0.6) is 5.75 Å². The summed E-state index contributed by atoms with van der Waals surface area (Å²) in [6.45, 7) is 8.44. The number of hydrogen-bond acceptors (Lipinski definition) is 3. The Bertz CT molecular complexity index is 426. The van der Waals surface area contributed by atoms with Crippen molar-refractivity contribution in [3.63, 3.8) is 0 Å². The SMILES string of the molecule is CONC1CC(C)(C)Oc2cc(C)cc(C)c21. The second-order valence-corrected chi connectivity index (χ2v) is 5.43. The Balaban J connectivity index is 2.48. The van der Waals surface area contributed by atoms with E-state index in [1.807, 2.05) is 0 Å².